The first-order valence-electron chi connectivity index (χ1n) is 5.31. The van der Waals surface area contributed by atoms with Crippen molar-refractivity contribution >= 4 is 11.9 Å². The lowest BCUT2D eigenvalue weighted by Crippen LogP contribution is -2.34. The molecule has 0 unspecified atom stereocenters. The summed E-state index contributed by atoms with van der Waals surface area (Å²) >= 11 is 0. The summed E-state index contributed by atoms with van der Waals surface area (Å²) in [5.74, 6) is -1.51. The van der Waals surface area contributed by atoms with Crippen LogP contribution in [0.5, 0.6) is 5.75 Å². The molecule has 0 bridgehead atoms. The SMILES string of the molecule is CCOC(=O)C(=O)N[C@@H](C)c1ccc(O)cc1. The molecule has 0 aliphatic heterocycles. The highest BCUT2D eigenvalue weighted by molar-refractivity contribution is 6.32. The molecule has 0 saturated carbocycles. The van der Waals surface area contributed by atoms with Crippen LogP contribution in [0.2, 0.25) is 0 Å². The largest absolute Gasteiger partial charge is 0.508 e. The van der Waals surface area contributed by atoms with Crippen molar-refractivity contribution in [3.8, 4) is 5.75 Å². The minimum Gasteiger partial charge on any atom is -0.508 e. The van der Waals surface area contributed by atoms with Gasteiger partial charge in [-0.25, -0.2) is 4.79 Å². The predicted octanol–water partition coefficient (Wildman–Crippen LogP) is 1.13. The summed E-state index contributed by atoms with van der Waals surface area (Å²) in [5.41, 5.74) is 0.792. The molecule has 5 nitrogen and oxygen atoms in total. The van der Waals surface area contributed by atoms with E-state index in [4.69, 9.17) is 5.11 Å². The number of carbonyl (C=O) groups excluding carboxylic acids is 2. The van der Waals surface area contributed by atoms with Crippen LogP contribution in [0.25, 0.3) is 0 Å². The van der Waals surface area contributed by atoms with Crippen LogP contribution in [0.3, 0.4) is 0 Å². The zero-order valence-corrected chi connectivity index (χ0v) is 9.77. The summed E-state index contributed by atoms with van der Waals surface area (Å²) in [6, 6.07) is 6.05. The quantitative estimate of drug-likeness (QED) is 0.610. The number of phenols is 1. The summed E-state index contributed by atoms with van der Waals surface area (Å²) in [5, 5.41) is 11.6. The number of hydrogen-bond donors (Lipinski definition) is 2. The fourth-order valence-electron chi connectivity index (χ4n) is 1.30. The summed E-state index contributed by atoms with van der Waals surface area (Å²) in [4.78, 5) is 22.4. The van der Waals surface area contributed by atoms with Crippen molar-refractivity contribution in [3.05, 3.63) is 29.8 Å². The molecule has 1 amide bonds. The average molecular weight is 237 g/mol. The number of nitrogens with one attached hydrogen (secondary N) is 1. The van der Waals surface area contributed by atoms with Crippen LogP contribution in [0.4, 0.5) is 0 Å². The molecule has 0 aromatic heterocycles. The first kappa shape index (κ1) is 13.0. The zero-order valence-electron chi connectivity index (χ0n) is 9.77. The Morgan fingerprint density at radius 3 is 2.47 bits per heavy atom. The molecule has 0 saturated heterocycles. The zero-order chi connectivity index (χ0) is 12.8. The van der Waals surface area contributed by atoms with Gasteiger partial charge in [-0.3, -0.25) is 4.79 Å². The monoisotopic (exact) mass is 237 g/mol. The van der Waals surface area contributed by atoms with E-state index in [0.29, 0.717) is 0 Å². The Bertz CT molecular complexity index is 399. The Hall–Kier alpha value is -2.04. The highest BCUT2D eigenvalue weighted by Crippen LogP contribution is 2.16. The first-order chi connectivity index (χ1) is 8.04. The molecule has 0 fully saturated rings. The molecule has 1 aromatic carbocycles. The number of carbonyl (C=O) groups is 2. The third-order valence-corrected chi connectivity index (χ3v) is 2.20. The lowest BCUT2D eigenvalue weighted by atomic mass is 10.1. The van der Waals surface area contributed by atoms with Gasteiger partial charge < -0.3 is 15.2 Å². The Morgan fingerprint density at radius 1 is 1.35 bits per heavy atom. The van der Waals surface area contributed by atoms with Crippen molar-refractivity contribution in [1.29, 1.82) is 0 Å². The summed E-state index contributed by atoms with van der Waals surface area (Å²) in [7, 11) is 0. The van der Waals surface area contributed by atoms with E-state index in [2.05, 4.69) is 10.1 Å². The van der Waals surface area contributed by atoms with E-state index in [1.807, 2.05) is 0 Å². The van der Waals surface area contributed by atoms with Gasteiger partial charge >= 0.3 is 11.9 Å². The third-order valence-electron chi connectivity index (χ3n) is 2.20. The van der Waals surface area contributed by atoms with Gasteiger partial charge in [-0.15, -0.1) is 0 Å². The number of hydrogen-bond acceptors (Lipinski definition) is 4. The highest BCUT2D eigenvalue weighted by Gasteiger charge is 2.17. The molecule has 92 valence electrons. The molecule has 0 heterocycles. The topological polar surface area (TPSA) is 75.6 Å². The van der Waals surface area contributed by atoms with Crippen molar-refractivity contribution in [2.75, 3.05) is 6.61 Å². The first-order valence-corrected chi connectivity index (χ1v) is 5.31. The normalized spacial score (nSPS) is 11.6. The second kappa shape index (κ2) is 5.89. The van der Waals surface area contributed by atoms with Crippen molar-refractivity contribution in [2.24, 2.45) is 0 Å². The molecule has 1 aromatic rings. The molecular weight excluding hydrogens is 222 g/mol. The molecule has 1 atom stereocenters. The van der Waals surface area contributed by atoms with Crippen molar-refractivity contribution in [2.45, 2.75) is 19.9 Å². The van der Waals surface area contributed by atoms with Gasteiger partial charge in [0, 0.05) is 0 Å². The minimum absolute atomic E-state index is 0.151. The second-order valence-corrected chi connectivity index (χ2v) is 3.51. The molecule has 0 radical (unpaired) electrons. The number of benzene rings is 1. The average Bonchev–Trinajstić information content (AvgIpc) is 2.30. The van der Waals surface area contributed by atoms with Crippen LogP contribution in [0.15, 0.2) is 24.3 Å². The number of ether oxygens (including phenoxy) is 1. The Balaban J connectivity index is 2.60. The Morgan fingerprint density at radius 2 is 1.94 bits per heavy atom. The molecule has 17 heavy (non-hydrogen) atoms. The van der Waals surface area contributed by atoms with Gasteiger partial charge in [0.05, 0.1) is 12.6 Å². The van der Waals surface area contributed by atoms with Gasteiger partial charge in [-0.1, -0.05) is 12.1 Å². The number of esters is 1. The lowest BCUT2D eigenvalue weighted by Gasteiger charge is -2.13. The standard InChI is InChI=1S/C12H15NO4/c1-3-17-12(16)11(15)13-8(2)9-4-6-10(14)7-5-9/h4-8,14H,3H2,1-2H3,(H,13,15)/t8-/m0/s1. The van der Waals surface area contributed by atoms with Crippen LogP contribution in [-0.4, -0.2) is 23.6 Å². The van der Waals surface area contributed by atoms with E-state index in [9.17, 15) is 9.59 Å². The van der Waals surface area contributed by atoms with Gasteiger partial charge in [-0.05, 0) is 31.5 Å². The predicted molar refractivity (Wildman–Crippen MR) is 61.3 cm³/mol. The fourth-order valence-corrected chi connectivity index (χ4v) is 1.30. The minimum atomic E-state index is -0.891. The van der Waals surface area contributed by atoms with Crippen molar-refractivity contribution in [3.63, 3.8) is 0 Å². The van der Waals surface area contributed by atoms with E-state index in [0.717, 1.165) is 5.56 Å². The fraction of sp³-hybridized carbons (Fsp3) is 0.333. The molecule has 1 rings (SSSR count). The van der Waals surface area contributed by atoms with Crippen LogP contribution in [0.1, 0.15) is 25.5 Å². The maximum atomic E-state index is 11.3. The van der Waals surface area contributed by atoms with Gasteiger partial charge in [-0.2, -0.15) is 0 Å². The van der Waals surface area contributed by atoms with Crippen LogP contribution in [0, 0.1) is 0 Å². The highest BCUT2D eigenvalue weighted by atomic mass is 16.5. The van der Waals surface area contributed by atoms with Crippen LogP contribution < -0.4 is 5.32 Å². The van der Waals surface area contributed by atoms with E-state index >= 15 is 0 Å². The molecule has 0 spiro atoms. The van der Waals surface area contributed by atoms with Crippen molar-refractivity contribution < 1.29 is 19.4 Å². The molecule has 2 N–H and O–H groups in total. The number of rotatable bonds is 3. The second-order valence-electron chi connectivity index (χ2n) is 3.51. The Labute approximate surface area is 99.4 Å². The molecule has 0 aliphatic rings. The van der Waals surface area contributed by atoms with E-state index in [-0.39, 0.29) is 18.4 Å². The van der Waals surface area contributed by atoms with E-state index in [1.54, 1.807) is 26.0 Å². The van der Waals surface area contributed by atoms with Gasteiger partial charge in [0.15, 0.2) is 0 Å². The summed E-state index contributed by atoms with van der Waals surface area (Å²) < 4.78 is 4.57. The van der Waals surface area contributed by atoms with E-state index in [1.165, 1.54) is 12.1 Å². The lowest BCUT2D eigenvalue weighted by molar-refractivity contribution is -0.154. The summed E-state index contributed by atoms with van der Waals surface area (Å²) in [6.45, 7) is 3.54. The summed E-state index contributed by atoms with van der Waals surface area (Å²) in [6.07, 6.45) is 0. The molecular formula is C12H15NO4. The number of amides is 1. The van der Waals surface area contributed by atoms with E-state index < -0.39 is 11.9 Å². The van der Waals surface area contributed by atoms with Gasteiger partial charge in [0.2, 0.25) is 0 Å². The third kappa shape index (κ3) is 3.79. The maximum Gasteiger partial charge on any atom is 0.396 e. The maximum absolute atomic E-state index is 11.3. The van der Waals surface area contributed by atoms with Crippen LogP contribution >= 0.6 is 0 Å². The number of aromatic hydroxyl groups is 1. The van der Waals surface area contributed by atoms with Gasteiger partial charge in [0.1, 0.15) is 5.75 Å². The van der Waals surface area contributed by atoms with Crippen LogP contribution in [-0.2, 0) is 14.3 Å². The Kier molecular flexibility index (Phi) is 4.51. The molecule has 5 heteroatoms. The van der Waals surface area contributed by atoms with Gasteiger partial charge in [0.25, 0.3) is 0 Å². The van der Waals surface area contributed by atoms with Crippen molar-refractivity contribution in [1.82, 2.24) is 5.32 Å². The smallest absolute Gasteiger partial charge is 0.396 e. The molecule has 0 aliphatic carbocycles. The number of phenolic OH excluding ortho intramolecular Hbond substituents is 1.